The maximum atomic E-state index is 12.8. The number of ether oxygens (including phenoxy) is 1. The van der Waals surface area contributed by atoms with Crippen LogP contribution in [0.3, 0.4) is 0 Å². The van der Waals surface area contributed by atoms with Gasteiger partial charge >= 0.3 is 0 Å². The SMILES string of the molecule is COCCCn1c(O)c(C#N)c(C)c(N=Nc2c(Br)cc([N+](=O)[O-])cc2Br)c1=O. The first-order valence-corrected chi connectivity index (χ1v) is 9.72. The van der Waals surface area contributed by atoms with E-state index in [0.717, 1.165) is 4.57 Å². The van der Waals surface area contributed by atoms with Gasteiger partial charge in [-0.3, -0.25) is 19.5 Å². The van der Waals surface area contributed by atoms with E-state index in [1.165, 1.54) is 26.2 Å². The fourth-order valence-electron chi connectivity index (χ4n) is 2.48. The van der Waals surface area contributed by atoms with Crippen molar-refractivity contribution < 1.29 is 14.8 Å². The highest BCUT2D eigenvalue weighted by Crippen LogP contribution is 2.38. The average molecular weight is 529 g/mol. The van der Waals surface area contributed by atoms with Gasteiger partial charge in [-0.1, -0.05) is 0 Å². The van der Waals surface area contributed by atoms with Crippen molar-refractivity contribution >= 4 is 48.9 Å². The molecule has 0 amide bonds. The highest BCUT2D eigenvalue weighted by molar-refractivity contribution is 9.11. The molecule has 1 heterocycles. The summed E-state index contributed by atoms with van der Waals surface area (Å²) in [7, 11) is 1.51. The van der Waals surface area contributed by atoms with Gasteiger partial charge in [0.25, 0.3) is 11.2 Å². The zero-order valence-electron chi connectivity index (χ0n) is 15.3. The number of nitriles is 1. The Kier molecular flexibility index (Phi) is 7.60. The Morgan fingerprint density at radius 1 is 1.31 bits per heavy atom. The van der Waals surface area contributed by atoms with E-state index in [9.17, 15) is 25.3 Å². The van der Waals surface area contributed by atoms with Gasteiger partial charge in [-0.15, -0.1) is 10.2 Å². The molecule has 0 unspecified atom stereocenters. The molecule has 1 N–H and O–H groups in total. The van der Waals surface area contributed by atoms with Crippen LogP contribution in [0.25, 0.3) is 0 Å². The maximum Gasteiger partial charge on any atom is 0.281 e. The smallest absolute Gasteiger partial charge is 0.281 e. The molecular weight excluding hydrogens is 514 g/mol. The second-order valence-electron chi connectivity index (χ2n) is 5.80. The molecule has 1 aromatic carbocycles. The molecule has 2 aromatic rings. The molecule has 0 fully saturated rings. The van der Waals surface area contributed by atoms with Crippen LogP contribution in [0, 0.1) is 28.4 Å². The van der Waals surface area contributed by atoms with Crippen LogP contribution in [-0.4, -0.2) is 28.3 Å². The van der Waals surface area contributed by atoms with Crippen molar-refractivity contribution in [2.45, 2.75) is 19.9 Å². The number of non-ortho nitro benzene ring substituents is 1. The molecule has 0 aliphatic heterocycles. The lowest BCUT2D eigenvalue weighted by Gasteiger charge is -2.12. The van der Waals surface area contributed by atoms with E-state index in [4.69, 9.17) is 4.74 Å². The van der Waals surface area contributed by atoms with Gasteiger partial charge in [-0.05, 0) is 45.2 Å². The highest BCUT2D eigenvalue weighted by atomic mass is 79.9. The van der Waals surface area contributed by atoms with Gasteiger partial charge in [0.15, 0.2) is 5.69 Å². The van der Waals surface area contributed by atoms with E-state index in [1.54, 1.807) is 0 Å². The summed E-state index contributed by atoms with van der Waals surface area (Å²) < 4.78 is 6.57. The molecule has 0 bridgehead atoms. The number of aromatic hydroxyl groups is 1. The minimum absolute atomic E-state index is 0.0854. The summed E-state index contributed by atoms with van der Waals surface area (Å²) >= 11 is 6.39. The van der Waals surface area contributed by atoms with Crippen molar-refractivity contribution in [3.63, 3.8) is 0 Å². The second kappa shape index (κ2) is 9.73. The van der Waals surface area contributed by atoms with Gasteiger partial charge in [-0.25, -0.2) is 0 Å². The number of aromatic nitrogens is 1. The van der Waals surface area contributed by atoms with E-state index >= 15 is 0 Å². The first kappa shape index (κ1) is 22.7. The number of hydrogen-bond donors (Lipinski definition) is 1. The van der Waals surface area contributed by atoms with Crippen LogP contribution in [0.15, 0.2) is 36.1 Å². The Hall–Kier alpha value is -2.62. The molecule has 1 aromatic heterocycles. The number of nitro groups is 1. The number of nitro benzene ring substituents is 1. The standard InChI is InChI=1S/C17H15Br2N5O5/c1-9-11(8-20)16(25)23(4-3-5-29-2)17(26)14(9)21-22-15-12(18)6-10(24(27)28)7-13(15)19/h6-7,25H,3-5H2,1-2H3. The van der Waals surface area contributed by atoms with Gasteiger partial charge in [-0.2, -0.15) is 5.26 Å². The molecule has 152 valence electrons. The predicted octanol–water partition coefficient (Wildman–Crippen LogP) is 4.62. The lowest BCUT2D eigenvalue weighted by atomic mass is 10.1. The number of azo groups is 1. The number of hydrogen-bond acceptors (Lipinski definition) is 8. The third kappa shape index (κ3) is 4.87. The van der Waals surface area contributed by atoms with Crippen molar-refractivity contribution in [2.75, 3.05) is 13.7 Å². The third-order valence-corrected chi connectivity index (χ3v) is 5.17. The average Bonchev–Trinajstić information content (AvgIpc) is 2.66. The van der Waals surface area contributed by atoms with Gasteiger partial charge in [0, 0.05) is 38.0 Å². The summed E-state index contributed by atoms with van der Waals surface area (Å²) in [5, 5.41) is 38.6. The summed E-state index contributed by atoms with van der Waals surface area (Å²) in [5.74, 6) is -0.442. The van der Waals surface area contributed by atoms with Crippen molar-refractivity contribution in [1.82, 2.24) is 4.57 Å². The Morgan fingerprint density at radius 2 is 1.90 bits per heavy atom. The Bertz CT molecular complexity index is 1070. The van der Waals surface area contributed by atoms with Crippen LogP contribution in [0.2, 0.25) is 0 Å². The van der Waals surface area contributed by atoms with Crippen molar-refractivity contribution in [2.24, 2.45) is 10.2 Å². The van der Waals surface area contributed by atoms with Crippen molar-refractivity contribution in [1.29, 1.82) is 5.26 Å². The third-order valence-electron chi connectivity index (χ3n) is 3.96. The monoisotopic (exact) mass is 527 g/mol. The molecule has 12 heteroatoms. The van der Waals surface area contributed by atoms with Crippen LogP contribution in [0.5, 0.6) is 5.88 Å². The predicted molar refractivity (Wildman–Crippen MR) is 111 cm³/mol. The summed E-state index contributed by atoms with van der Waals surface area (Å²) in [6.45, 7) is 1.97. The van der Waals surface area contributed by atoms with E-state index in [0.29, 0.717) is 22.0 Å². The van der Waals surface area contributed by atoms with Gasteiger partial charge in [0.05, 0.1) is 13.9 Å². The molecule has 10 nitrogen and oxygen atoms in total. The molecule has 29 heavy (non-hydrogen) atoms. The Morgan fingerprint density at radius 3 is 2.41 bits per heavy atom. The minimum atomic E-state index is -0.618. The Balaban J connectivity index is 2.58. The number of benzene rings is 1. The molecule has 0 saturated heterocycles. The fourth-order valence-corrected chi connectivity index (χ4v) is 3.81. The number of halogens is 2. The first-order chi connectivity index (χ1) is 13.7. The molecule has 0 aliphatic rings. The molecule has 0 radical (unpaired) electrons. The van der Waals surface area contributed by atoms with E-state index < -0.39 is 16.4 Å². The normalized spacial score (nSPS) is 11.0. The summed E-state index contributed by atoms with van der Waals surface area (Å²) in [6.07, 6.45) is 0.438. The van der Waals surface area contributed by atoms with Crippen molar-refractivity contribution in [3.8, 4) is 11.9 Å². The summed E-state index contributed by atoms with van der Waals surface area (Å²) in [6, 6.07) is 4.38. The van der Waals surface area contributed by atoms with Crippen LogP contribution >= 0.6 is 31.9 Å². The number of methoxy groups -OCH3 is 1. The van der Waals surface area contributed by atoms with Crippen LogP contribution in [0.1, 0.15) is 17.5 Å². The van der Waals surface area contributed by atoms with Crippen molar-refractivity contribution in [3.05, 3.63) is 52.7 Å². The number of nitrogens with zero attached hydrogens (tertiary/aromatic N) is 5. The van der Waals surface area contributed by atoms with Crippen LogP contribution < -0.4 is 5.56 Å². The minimum Gasteiger partial charge on any atom is -0.493 e. The molecule has 2 rings (SSSR count). The van der Waals surface area contributed by atoms with Gasteiger partial charge < -0.3 is 9.84 Å². The zero-order chi connectivity index (χ0) is 21.7. The molecular formula is C17H15Br2N5O5. The number of pyridine rings is 1. The summed E-state index contributed by atoms with van der Waals surface area (Å²) in [5.41, 5.74) is -0.571. The summed E-state index contributed by atoms with van der Waals surface area (Å²) in [4.78, 5) is 23.2. The zero-order valence-corrected chi connectivity index (χ0v) is 18.5. The molecule has 0 saturated carbocycles. The highest BCUT2D eigenvalue weighted by Gasteiger charge is 2.20. The largest absolute Gasteiger partial charge is 0.493 e. The van der Waals surface area contributed by atoms with E-state index in [1.807, 2.05) is 6.07 Å². The molecule has 0 spiro atoms. The molecule has 0 aliphatic carbocycles. The second-order valence-corrected chi connectivity index (χ2v) is 7.51. The van der Waals surface area contributed by atoms with Crippen LogP contribution in [-0.2, 0) is 11.3 Å². The maximum absolute atomic E-state index is 12.8. The number of rotatable bonds is 7. The Labute approximate surface area is 181 Å². The quantitative estimate of drug-likeness (QED) is 0.240. The topological polar surface area (TPSA) is 143 Å². The van der Waals surface area contributed by atoms with Gasteiger partial charge in [0.1, 0.15) is 17.3 Å². The lowest BCUT2D eigenvalue weighted by molar-refractivity contribution is -0.385. The lowest BCUT2D eigenvalue weighted by Crippen LogP contribution is -2.22. The van der Waals surface area contributed by atoms with E-state index in [2.05, 4.69) is 42.1 Å². The van der Waals surface area contributed by atoms with Gasteiger partial charge in [0.2, 0.25) is 5.88 Å². The molecule has 0 atom stereocenters. The first-order valence-electron chi connectivity index (χ1n) is 8.13. The van der Waals surface area contributed by atoms with Crippen LogP contribution in [0.4, 0.5) is 17.1 Å². The fraction of sp³-hybridized carbons (Fsp3) is 0.294. The van der Waals surface area contributed by atoms with E-state index in [-0.39, 0.29) is 34.7 Å².